The third-order valence-electron chi connectivity index (χ3n) is 4.30. The molecule has 1 aliphatic rings. The highest BCUT2D eigenvalue weighted by Gasteiger charge is 2.23. The fourth-order valence-corrected chi connectivity index (χ4v) is 2.90. The third-order valence-corrected chi connectivity index (χ3v) is 4.30. The van der Waals surface area contributed by atoms with Gasteiger partial charge < -0.3 is 10.2 Å². The van der Waals surface area contributed by atoms with Crippen LogP contribution < -0.4 is 5.32 Å². The largest absolute Gasteiger partial charge is 0.370 e. The summed E-state index contributed by atoms with van der Waals surface area (Å²) >= 11 is 0. The summed E-state index contributed by atoms with van der Waals surface area (Å²) in [7, 11) is 0. The van der Waals surface area contributed by atoms with Crippen molar-refractivity contribution in [3.05, 3.63) is 54.0 Å². The van der Waals surface area contributed by atoms with Crippen LogP contribution in [-0.2, 0) is 0 Å². The summed E-state index contributed by atoms with van der Waals surface area (Å²) in [6, 6.07) is 11.5. The molecule has 0 unspecified atom stereocenters. The van der Waals surface area contributed by atoms with E-state index in [0.717, 1.165) is 49.6 Å². The van der Waals surface area contributed by atoms with Crippen LogP contribution in [-0.4, -0.2) is 40.4 Å². The average molecular weight is 310 g/mol. The number of nitrogens with zero attached hydrogens (tertiary/aromatic N) is 3. The third kappa shape index (κ3) is 4.06. The van der Waals surface area contributed by atoms with Gasteiger partial charge in [0, 0.05) is 37.0 Å². The predicted octanol–water partition coefficient (Wildman–Crippen LogP) is 2.75. The quantitative estimate of drug-likeness (QED) is 0.943. The molecule has 5 heteroatoms. The van der Waals surface area contributed by atoms with Crippen molar-refractivity contribution in [1.29, 1.82) is 0 Å². The van der Waals surface area contributed by atoms with Crippen molar-refractivity contribution in [2.45, 2.75) is 19.8 Å². The lowest BCUT2D eigenvalue weighted by atomic mass is 9.96. The number of rotatable bonds is 4. The van der Waals surface area contributed by atoms with E-state index < -0.39 is 0 Å². The molecule has 1 N–H and O–H groups in total. The van der Waals surface area contributed by atoms with Crippen molar-refractivity contribution in [3.8, 4) is 0 Å². The number of carbonyl (C=O) groups excluding carboxylic acids is 1. The van der Waals surface area contributed by atoms with Crippen molar-refractivity contribution in [1.82, 2.24) is 14.9 Å². The van der Waals surface area contributed by atoms with E-state index in [1.54, 1.807) is 6.33 Å². The number of hydrogen-bond acceptors (Lipinski definition) is 4. The van der Waals surface area contributed by atoms with Gasteiger partial charge in [0.25, 0.3) is 5.91 Å². The van der Waals surface area contributed by atoms with Gasteiger partial charge in [-0.3, -0.25) is 4.79 Å². The molecular weight excluding hydrogens is 288 g/mol. The molecular formula is C18H22N4O. The van der Waals surface area contributed by atoms with Gasteiger partial charge in [-0.2, -0.15) is 0 Å². The summed E-state index contributed by atoms with van der Waals surface area (Å²) in [5, 5.41) is 3.38. The van der Waals surface area contributed by atoms with Crippen LogP contribution in [0.15, 0.2) is 42.7 Å². The van der Waals surface area contributed by atoms with E-state index in [4.69, 9.17) is 0 Å². The van der Waals surface area contributed by atoms with Gasteiger partial charge in [0.1, 0.15) is 12.1 Å². The van der Waals surface area contributed by atoms with Crippen LogP contribution in [0.25, 0.3) is 0 Å². The number of anilines is 1. The van der Waals surface area contributed by atoms with Gasteiger partial charge >= 0.3 is 0 Å². The predicted molar refractivity (Wildman–Crippen MR) is 90.3 cm³/mol. The first-order valence-corrected chi connectivity index (χ1v) is 8.09. The Morgan fingerprint density at radius 1 is 1.22 bits per heavy atom. The summed E-state index contributed by atoms with van der Waals surface area (Å²) in [4.78, 5) is 22.7. The number of nitrogens with one attached hydrogen (secondary N) is 1. The second kappa shape index (κ2) is 7.22. The highest BCUT2D eigenvalue weighted by atomic mass is 16.2. The number of piperidine rings is 1. The minimum atomic E-state index is 0.142. The smallest absolute Gasteiger partial charge is 0.253 e. The van der Waals surface area contributed by atoms with Crippen molar-refractivity contribution < 1.29 is 4.79 Å². The number of hydrogen-bond donors (Lipinski definition) is 1. The maximum atomic E-state index is 12.4. The van der Waals surface area contributed by atoms with Crippen LogP contribution >= 0.6 is 0 Å². The average Bonchev–Trinajstić information content (AvgIpc) is 2.61. The van der Waals surface area contributed by atoms with Crippen molar-refractivity contribution in [3.63, 3.8) is 0 Å². The number of amides is 1. The fourth-order valence-electron chi connectivity index (χ4n) is 2.90. The van der Waals surface area contributed by atoms with Crippen molar-refractivity contribution in [2.75, 3.05) is 25.0 Å². The van der Waals surface area contributed by atoms with Gasteiger partial charge in [-0.05, 0) is 37.8 Å². The van der Waals surface area contributed by atoms with E-state index >= 15 is 0 Å². The Bertz CT molecular complexity index is 651. The molecule has 2 aromatic rings. The first kappa shape index (κ1) is 15.5. The topological polar surface area (TPSA) is 58.1 Å². The molecule has 0 bridgehead atoms. The Morgan fingerprint density at radius 3 is 2.65 bits per heavy atom. The lowest BCUT2D eigenvalue weighted by molar-refractivity contribution is 0.0695. The minimum absolute atomic E-state index is 0.142. The lowest BCUT2D eigenvalue weighted by Crippen LogP contribution is -2.39. The first-order chi connectivity index (χ1) is 11.2. The molecule has 2 heterocycles. The molecule has 0 atom stereocenters. The molecule has 3 rings (SSSR count). The van der Waals surface area contributed by atoms with E-state index in [9.17, 15) is 4.79 Å². The summed E-state index contributed by atoms with van der Waals surface area (Å²) in [6.45, 7) is 4.50. The second-order valence-corrected chi connectivity index (χ2v) is 6.03. The summed E-state index contributed by atoms with van der Waals surface area (Å²) < 4.78 is 0. The summed E-state index contributed by atoms with van der Waals surface area (Å²) in [6.07, 6.45) is 3.63. The summed E-state index contributed by atoms with van der Waals surface area (Å²) in [5.74, 6) is 1.59. The van der Waals surface area contributed by atoms with Gasteiger partial charge in [0.15, 0.2) is 0 Å². The van der Waals surface area contributed by atoms with Crippen LogP contribution in [0.5, 0.6) is 0 Å². The van der Waals surface area contributed by atoms with Crippen LogP contribution in [0.1, 0.15) is 28.9 Å². The molecule has 120 valence electrons. The zero-order valence-corrected chi connectivity index (χ0v) is 13.4. The second-order valence-electron chi connectivity index (χ2n) is 6.03. The Labute approximate surface area is 136 Å². The van der Waals surface area contributed by atoms with E-state index in [0.29, 0.717) is 5.92 Å². The van der Waals surface area contributed by atoms with E-state index in [-0.39, 0.29) is 5.91 Å². The van der Waals surface area contributed by atoms with Gasteiger partial charge in [-0.15, -0.1) is 0 Å². The molecule has 1 fully saturated rings. The molecule has 5 nitrogen and oxygen atoms in total. The number of likely N-dealkylation sites (tertiary alicyclic amines) is 1. The highest BCUT2D eigenvalue weighted by Crippen LogP contribution is 2.19. The molecule has 0 spiro atoms. The number of carbonyl (C=O) groups is 1. The molecule has 1 aliphatic heterocycles. The normalized spacial score (nSPS) is 15.4. The molecule has 1 aromatic heterocycles. The van der Waals surface area contributed by atoms with Crippen LogP contribution in [0.4, 0.5) is 5.82 Å². The molecule has 1 saturated heterocycles. The minimum Gasteiger partial charge on any atom is -0.370 e. The fraction of sp³-hybridized carbons (Fsp3) is 0.389. The Balaban J connectivity index is 1.48. The van der Waals surface area contributed by atoms with Gasteiger partial charge in [-0.25, -0.2) is 9.97 Å². The first-order valence-electron chi connectivity index (χ1n) is 8.09. The van der Waals surface area contributed by atoms with E-state index in [1.807, 2.05) is 48.2 Å². The van der Waals surface area contributed by atoms with Crippen LogP contribution in [0.2, 0.25) is 0 Å². The SMILES string of the molecule is Cc1cc(NCC2CCN(C(=O)c3ccccc3)CC2)ncn1. The van der Waals surface area contributed by atoms with Crippen LogP contribution in [0.3, 0.4) is 0 Å². The summed E-state index contributed by atoms with van der Waals surface area (Å²) in [5.41, 5.74) is 1.74. The van der Waals surface area contributed by atoms with Crippen molar-refractivity contribution >= 4 is 11.7 Å². The molecule has 1 amide bonds. The number of aromatic nitrogens is 2. The highest BCUT2D eigenvalue weighted by molar-refractivity contribution is 5.94. The monoisotopic (exact) mass is 310 g/mol. The van der Waals surface area contributed by atoms with Gasteiger partial charge in [0.2, 0.25) is 0 Å². The Kier molecular flexibility index (Phi) is 4.86. The number of benzene rings is 1. The maximum absolute atomic E-state index is 12.4. The Hall–Kier alpha value is -2.43. The maximum Gasteiger partial charge on any atom is 0.253 e. The Morgan fingerprint density at radius 2 is 1.96 bits per heavy atom. The van der Waals surface area contributed by atoms with Crippen molar-refractivity contribution in [2.24, 2.45) is 5.92 Å². The molecule has 0 radical (unpaired) electrons. The van der Waals surface area contributed by atoms with E-state index in [2.05, 4.69) is 15.3 Å². The molecule has 1 aromatic carbocycles. The van der Waals surface area contributed by atoms with Gasteiger partial charge in [0.05, 0.1) is 0 Å². The zero-order chi connectivity index (χ0) is 16.1. The molecule has 23 heavy (non-hydrogen) atoms. The van der Waals surface area contributed by atoms with Crippen LogP contribution in [0, 0.1) is 12.8 Å². The molecule has 0 saturated carbocycles. The number of aryl methyl sites for hydroxylation is 1. The zero-order valence-electron chi connectivity index (χ0n) is 13.4. The van der Waals surface area contributed by atoms with E-state index in [1.165, 1.54) is 0 Å². The standard InChI is InChI=1S/C18H22N4O/c1-14-11-17(21-13-20-14)19-12-15-7-9-22(10-8-15)18(23)16-5-3-2-4-6-16/h2-6,11,13,15H,7-10,12H2,1H3,(H,19,20,21). The lowest BCUT2D eigenvalue weighted by Gasteiger charge is -2.32. The van der Waals surface area contributed by atoms with Gasteiger partial charge in [-0.1, -0.05) is 18.2 Å². The molecule has 0 aliphatic carbocycles.